The summed E-state index contributed by atoms with van der Waals surface area (Å²) in [6.07, 6.45) is 1.15. The summed E-state index contributed by atoms with van der Waals surface area (Å²) in [5.74, 6) is 0.0926. The van der Waals surface area contributed by atoms with Crippen molar-refractivity contribution in [2.24, 2.45) is 0 Å². The van der Waals surface area contributed by atoms with Gasteiger partial charge in [0.15, 0.2) is 0 Å². The van der Waals surface area contributed by atoms with Crippen LogP contribution < -0.4 is 4.74 Å². The smallest absolute Gasteiger partial charge is 0.218 e. The first-order chi connectivity index (χ1) is 9.11. The zero-order valence-corrected chi connectivity index (χ0v) is 10.9. The van der Waals surface area contributed by atoms with E-state index in [1.807, 2.05) is 6.92 Å². The molecule has 0 fully saturated rings. The zero-order chi connectivity index (χ0) is 13.8. The molecule has 19 heavy (non-hydrogen) atoms. The van der Waals surface area contributed by atoms with Crippen LogP contribution in [0.4, 0.5) is 4.39 Å². The van der Waals surface area contributed by atoms with E-state index in [0.29, 0.717) is 17.9 Å². The average molecular weight is 261 g/mol. The molecule has 0 spiro atoms. The molecule has 2 aromatic rings. The first-order valence-electron chi connectivity index (χ1n) is 6.04. The molecular weight excluding hydrogens is 245 g/mol. The summed E-state index contributed by atoms with van der Waals surface area (Å²) >= 11 is 0. The predicted octanol–water partition coefficient (Wildman–Crippen LogP) is 2.81. The number of benzene rings is 1. The molecular formula is C15H16FNO2. The van der Waals surface area contributed by atoms with Crippen LogP contribution in [0.2, 0.25) is 0 Å². The average Bonchev–Trinajstić information content (AvgIpc) is 2.42. The van der Waals surface area contributed by atoms with Gasteiger partial charge < -0.3 is 9.84 Å². The zero-order valence-electron chi connectivity index (χ0n) is 10.9. The van der Waals surface area contributed by atoms with Gasteiger partial charge >= 0.3 is 0 Å². The molecule has 0 aliphatic carbocycles. The van der Waals surface area contributed by atoms with E-state index < -0.39 is 6.10 Å². The summed E-state index contributed by atoms with van der Waals surface area (Å²) in [4.78, 5) is 4.04. The second-order valence-corrected chi connectivity index (χ2v) is 4.39. The van der Waals surface area contributed by atoms with Gasteiger partial charge in [-0.2, -0.15) is 0 Å². The van der Waals surface area contributed by atoms with Crippen molar-refractivity contribution in [2.45, 2.75) is 19.4 Å². The van der Waals surface area contributed by atoms with Gasteiger partial charge in [-0.15, -0.1) is 0 Å². The van der Waals surface area contributed by atoms with E-state index in [1.54, 1.807) is 24.4 Å². The Labute approximate surface area is 111 Å². The lowest BCUT2D eigenvalue weighted by molar-refractivity contribution is 0.172. The summed E-state index contributed by atoms with van der Waals surface area (Å²) < 4.78 is 18.3. The third-order valence-electron chi connectivity index (χ3n) is 3.08. The Hall–Kier alpha value is -1.94. The number of aryl methyl sites for hydroxylation is 1. The molecule has 1 heterocycles. The van der Waals surface area contributed by atoms with E-state index in [1.165, 1.54) is 19.2 Å². The number of methoxy groups -OCH3 is 1. The molecule has 0 saturated carbocycles. The Balaban J connectivity index is 2.25. The number of rotatable bonds is 4. The Morgan fingerprint density at radius 1 is 1.37 bits per heavy atom. The van der Waals surface area contributed by atoms with Crippen molar-refractivity contribution in [3.05, 3.63) is 59.0 Å². The Kier molecular flexibility index (Phi) is 4.12. The number of hydrogen-bond donors (Lipinski definition) is 1. The fourth-order valence-electron chi connectivity index (χ4n) is 2.01. The van der Waals surface area contributed by atoms with Gasteiger partial charge in [0.05, 0.1) is 13.2 Å². The number of nitrogens with zero attached hydrogens (tertiary/aromatic N) is 1. The SMILES string of the molecule is COc1ncccc1C(O)Cc1cc(F)ccc1C. The summed E-state index contributed by atoms with van der Waals surface area (Å²) in [7, 11) is 1.51. The highest BCUT2D eigenvalue weighted by molar-refractivity contribution is 5.32. The molecule has 0 bridgehead atoms. The molecule has 1 aromatic heterocycles. The number of ether oxygens (including phenoxy) is 1. The fraction of sp³-hybridized carbons (Fsp3) is 0.267. The van der Waals surface area contributed by atoms with Gasteiger partial charge in [-0.25, -0.2) is 9.37 Å². The molecule has 100 valence electrons. The lowest BCUT2D eigenvalue weighted by Gasteiger charge is -2.15. The van der Waals surface area contributed by atoms with Crippen LogP contribution in [0.5, 0.6) is 5.88 Å². The maximum Gasteiger partial charge on any atom is 0.218 e. The normalized spacial score (nSPS) is 12.2. The molecule has 0 amide bonds. The van der Waals surface area contributed by atoms with Crippen LogP contribution >= 0.6 is 0 Å². The molecule has 4 heteroatoms. The minimum atomic E-state index is -0.774. The maximum absolute atomic E-state index is 13.2. The maximum atomic E-state index is 13.2. The van der Waals surface area contributed by atoms with Gasteiger partial charge in [0.25, 0.3) is 0 Å². The van der Waals surface area contributed by atoms with Crippen LogP contribution in [0.25, 0.3) is 0 Å². The van der Waals surface area contributed by atoms with Crippen molar-refractivity contribution in [1.82, 2.24) is 4.98 Å². The number of aliphatic hydroxyl groups is 1. The van der Waals surface area contributed by atoms with Crippen molar-refractivity contribution in [3.8, 4) is 5.88 Å². The van der Waals surface area contributed by atoms with Crippen LogP contribution in [0, 0.1) is 12.7 Å². The van der Waals surface area contributed by atoms with E-state index in [0.717, 1.165) is 11.1 Å². The molecule has 0 radical (unpaired) electrons. The highest BCUT2D eigenvalue weighted by Gasteiger charge is 2.15. The molecule has 1 atom stereocenters. The van der Waals surface area contributed by atoms with Gasteiger partial charge in [-0.05, 0) is 42.3 Å². The van der Waals surface area contributed by atoms with Crippen molar-refractivity contribution < 1.29 is 14.2 Å². The van der Waals surface area contributed by atoms with Gasteiger partial charge in [-0.1, -0.05) is 6.07 Å². The van der Waals surface area contributed by atoms with Crippen molar-refractivity contribution in [1.29, 1.82) is 0 Å². The van der Waals surface area contributed by atoms with Crippen LogP contribution in [-0.2, 0) is 6.42 Å². The first kappa shape index (κ1) is 13.5. The third-order valence-corrected chi connectivity index (χ3v) is 3.08. The van der Waals surface area contributed by atoms with Crippen LogP contribution in [0.1, 0.15) is 22.8 Å². The second kappa shape index (κ2) is 5.80. The lowest BCUT2D eigenvalue weighted by atomic mass is 9.98. The second-order valence-electron chi connectivity index (χ2n) is 4.39. The molecule has 3 nitrogen and oxygen atoms in total. The van der Waals surface area contributed by atoms with E-state index in [-0.39, 0.29) is 5.82 Å². The molecule has 1 N–H and O–H groups in total. The molecule has 1 aromatic carbocycles. The first-order valence-corrected chi connectivity index (χ1v) is 6.04. The Morgan fingerprint density at radius 3 is 2.89 bits per heavy atom. The highest BCUT2D eigenvalue weighted by Crippen LogP contribution is 2.26. The van der Waals surface area contributed by atoms with Crippen LogP contribution in [0.15, 0.2) is 36.5 Å². The number of hydrogen-bond acceptors (Lipinski definition) is 3. The van der Waals surface area contributed by atoms with E-state index >= 15 is 0 Å². The molecule has 0 saturated heterocycles. The number of halogens is 1. The monoisotopic (exact) mass is 261 g/mol. The predicted molar refractivity (Wildman–Crippen MR) is 70.6 cm³/mol. The van der Waals surface area contributed by atoms with Gasteiger partial charge in [-0.3, -0.25) is 0 Å². The summed E-state index contributed by atoms with van der Waals surface area (Å²) in [5, 5.41) is 10.3. The molecule has 0 aliphatic rings. The number of pyridine rings is 1. The standard InChI is InChI=1S/C15H16FNO2/c1-10-5-6-12(16)8-11(10)9-14(18)13-4-3-7-17-15(13)19-2/h3-8,14,18H,9H2,1-2H3. The highest BCUT2D eigenvalue weighted by atomic mass is 19.1. The van der Waals surface area contributed by atoms with E-state index in [9.17, 15) is 9.50 Å². The quantitative estimate of drug-likeness (QED) is 0.920. The van der Waals surface area contributed by atoms with Crippen molar-refractivity contribution in [2.75, 3.05) is 7.11 Å². The minimum Gasteiger partial charge on any atom is -0.481 e. The lowest BCUT2D eigenvalue weighted by Crippen LogP contribution is -2.06. The molecule has 1 unspecified atom stereocenters. The Morgan fingerprint density at radius 2 is 2.16 bits per heavy atom. The van der Waals surface area contributed by atoms with Gasteiger partial charge in [0.2, 0.25) is 5.88 Å². The number of aromatic nitrogens is 1. The van der Waals surface area contributed by atoms with E-state index in [2.05, 4.69) is 4.98 Å². The third kappa shape index (κ3) is 3.09. The van der Waals surface area contributed by atoms with Gasteiger partial charge in [0, 0.05) is 18.2 Å². The topological polar surface area (TPSA) is 42.4 Å². The van der Waals surface area contributed by atoms with Crippen LogP contribution in [0.3, 0.4) is 0 Å². The molecule has 0 aliphatic heterocycles. The summed E-state index contributed by atoms with van der Waals surface area (Å²) in [6.45, 7) is 1.89. The largest absolute Gasteiger partial charge is 0.481 e. The summed E-state index contributed by atoms with van der Waals surface area (Å²) in [6, 6.07) is 8.06. The minimum absolute atomic E-state index is 0.300. The van der Waals surface area contributed by atoms with Crippen molar-refractivity contribution >= 4 is 0 Å². The van der Waals surface area contributed by atoms with Crippen molar-refractivity contribution in [3.63, 3.8) is 0 Å². The van der Waals surface area contributed by atoms with Gasteiger partial charge in [0.1, 0.15) is 5.82 Å². The Bertz CT molecular complexity index is 572. The van der Waals surface area contributed by atoms with Crippen LogP contribution in [-0.4, -0.2) is 17.2 Å². The molecule has 2 rings (SSSR count). The fourth-order valence-corrected chi connectivity index (χ4v) is 2.01. The van der Waals surface area contributed by atoms with E-state index in [4.69, 9.17) is 4.74 Å². The number of aliphatic hydroxyl groups excluding tert-OH is 1. The summed E-state index contributed by atoms with van der Waals surface area (Å²) in [5.41, 5.74) is 2.33.